The Labute approximate surface area is 142 Å². The van der Waals surface area contributed by atoms with Gasteiger partial charge < -0.3 is 0 Å². The maximum absolute atomic E-state index is 13.0. The first kappa shape index (κ1) is 15.5. The normalized spacial score (nSPS) is 12.5. The van der Waals surface area contributed by atoms with Crippen molar-refractivity contribution in [3.63, 3.8) is 0 Å². The molecule has 1 unspecified atom stereocenters. The first-order chi connectivity index (χ1) is 10.8. The zero-order valence-electron chi connectivity index (χ0n) is 11.8. The molecule has 1 aromatic heterocycles. The summed E-state index contributed by atoms with van der Waals surface area (Å²) in [6.45, 7) is 0. The van der Waals surface area contributed by atoms with Crippen molar-refractivity contribution in [2.24, 2.45) is 0 Å². The molecule has 0 N–H and O–H groups in total. The highest BCUT2D eigenvalue weighted by Crippen LogP contribution is 2.32. The van der Waals surface area contributed by atoms with Crippen LogP contribution < -0.4 is 0 Å². The zero-order chi connectivity index (χ0) is 15.4. The minimum Gasteiger partial charge on any atom is -0.258 e. The van der Waals surface area contributed by atoms with E-state index in [-0.39, 0.29) is 5.25 Å². The highest BCUT2D eigenvalue weighted by Gasteiger charge is 2.22. The molecule has 2 aromatic carbocycles. The van der Waals surface area contributed by atoms with Crippen LogP contribution in [0.5, 0.6) is 0 Å². The standard InChI is InChI=1S/C18H15ClOS2/c19-16-11-12-21-17(16)13-22(20)18(14-7-3-1-4-8-14)15-9-5-2-6-10-15/h1-12,18H,13H2. The first-order valence-corrected chi connectivity index (χ1v) is 9.58. The van der Waals surface area contributed by atoms with E-state index in [1.165, 1.54) is 0 Å². The van der Waals surface area contributed by atoms with Crippen LogP contribution in [0, 0.1) is 0 Å². The van der Waals surface area contributed by atoms with E-state index in [1.807, 2.05) is 72.1 Å². The fourth-order valence-electron chi connectivity index (χ4n) is 2.39. The monoisotopic (exact) mass is 346 g/mol. The number of rotatable bonds is 5. The van der Waals surface area contributed by atoms with Crippen molar-refractivity contribution >= 4 is 33.7 Å². The van der Waals surface area contributed by atoms with Crippen molar-refractivity contribution in [1.29, 1.82) is 0 Å². The molecule has 4 heteroatoms. The topological polar surface area (TPSA) is 17.1 Å². The Balaban J connectivity index is 1.95. The van der Waals surface area contributed by atoms with Gasteiger partial charge in [-0.25, -0.2) is 0 Å². The predicted molar refractivity (Wildman–Crippen MR) is 95.9 cm³/mol. The summed E-state index contributed by atoms with van der Waals surface area (Å²) >= 11 is 7.72. The summed E-state index contributed by atoms with van der Waals surface area (Å²) in [7, 11) is -1.07. The molecule has 0 fully saturated rings. The van der Waals surface area contributed by atoms with Gasteiger partial charge in [0.25, 0.3) is 0 Å². The van der Waals surface area contributed by atoms with Crippen LogP contribution in [0.15, 0.2) is 72.1 Å². The van der Waals surface area contributed by atoms with Crippen LogP contribution in [0.25, 0.3) is 0 Å². The maximum atomic E-state index is 13.0. The Bertz CT molecular complexity index is 714. The fraction of sp³-hybridized carbons (Fsp3) is 0.111. The van der Waals surface area contributed by atoms with Crippen molar-refractivity contribution in [3.05, 3.63) is 93.1 Å². The van der Waals surface area contributed by atoms with Gasteiger partial charge in [-0.1, -0.05) is 72.3 Å². The summed E-state index contributed by atoms with van der Waals surface area (Å²) in [6.07, 6.45) is 0. The van der Waals surface area contributed by atoms with Crippen molar-refractivity contribution in [1.82, 2.24) is 0 Å². The summed E-state index contributed by atoms with van der Waals surface area (Å²) in [4.78, 5) is 0.983. The quantitative estimate of drug-likeness (QED) is 0.601. The molecule has 3 rings (SSSR count). The second kappa shape index (κ2) is 7.23. The maximum Gasteiger partial charge on any atom is 0.0850 e. The average molecular weight is 347 g/mol. The second-order valence-electron chi connectivity index (χ2n) is 4.92. The lowest BCUT2D eigenvalue weighted by atomic mass is 10.0. The van der Waals surface area contributed by atoms with Crippen LogP contribution in [-0.2, 0) is 16.6 Å². The van der Waals surface area contributed by atoms with Crippen molar-refractivity contribution in [2.45, 2.75) is 11.0 Å². The van der Waals surface area contributed by atoms with E-state index in [9.17, 15) is 4.21 Å². The minimum absolute atomic E-state index is 0.138. The highest BCUT2D eigenvalue weighted by atomic mass is 35.5. The molecule has 112 valence electrons. The first-order valence-electron chi connectivity index (χ1n) is 6.94. The van der Waals surface area contributed by atoms with Crippen LogP contribution in [0.3, 0.4) is 0 Å². The lowest BCUT2D eigenvalue weighted by Crippen LogP contribution is -2.10. The molecule has 0 aliphatic rings. The van der Waals surface area contributed by atoms with Gasteiger partial charge in [0.1, 0.15) is 0 Å². The van der Waals surface area contributed by atoms with Crippen LogP contribution in [0.4, 0.5) is 0 Å². The Morgan fingerprint density at radius 1 is 0.909 bits per heavy atom. The molecule has 1 atom stereocenters. The van der Waals surface area contributed by atoms with Crippen molar-refractivity contribution in [3.8, 4) is 0 Å². The molecule has 0 amide bonds. The molecule has 0 aliphatic heterocycles. The van der Waals surface area contributed by atoms with Crippen LogP contribution in [0.1, 0.15) is 21.3 Å². The smallest absolute Gasteiger partial charge is 0.0850 e. The molecule has 0 aliphatic carbocycles. The van der Waals surface area contributed by atoms with Gasteiger partial charge in [-0.05, 0) is 22.6 Å². The van der Waals surface area contributed by atoms with Gasteiger partial charge in [0.15, 0.2) is 0 Å². The van der Waals surface area contributed by atoms with Crippen LogP contribution in [-0.4, -0.2) is 4.21 Å². The SMILES string of the molecule is O=S(Cc1sccc1Cl)C(c1ccccc1)c1ccccc1. The van der Waals surface area contributed by atoms with Crippen LogP contribution in [0.2, 0.25) is 5.02 Å². The molecule has 0 saturated heterocycles. The number of thiophene rings is 1. The molecule has 0 saturated carbocycles. The highest BCUT2D eigenvalue weighted by molar-refractivity contribution is 7.84. The second-order valence-corrected chi connectivity index (χ2v) is 7.85. The Morgan fingerprint density at radius 2 is 1.45 bits per heavy atom. The van der Waals surface area contributed by atoms with Gasteiger partial charge in [-0.2, -0.15) is 0 Å². The fourth-order valence-corrected chi connectivity index (χ4v) is 5.48. The summed E-state index contributed by atoms with van der Waals surface area (Å²) < 4.78 is 13.0. The van der Waals surface area contributed by atoms with E-state index in [4.69, 9.17) is 11.6 Å². The third-order valence-corrected chi connectivity index (χ3v) is 6.65. The zero-order valence-corrected chi connectivity index (χ0v) is 14.2. The molecule has 0 spiro atoms. The van der Waals surface area contributed by atoms with E-state index in [2.05, 4.69) is 0 Å². The third kappa shape index (κ3) is 3.49. The molecule has 22 heavy (non-hydrogen) atoms. The molecule has 3 aromatic rings. The number of hydrogen-bond acceptors (Lipinski definition) is 2. The Morgan fingerprint density at radius 3 is 1.91 bits per heavy atom. The lowest BCUT2D eigenvalue weighted by molar-refractivity contribution is 0.678. The van der Waals surface area contributed by atoms with Gasteiger partial charge in [0.05, 0.1) is 16.0 Å². The van der Waals surface area contributed by atoms with E-state index >= 15 is 0 Å². The molecular weight excluding hydrogens is 332 g/mol. The van der Waals surface area contributed by atoms with E-state index in [0.29, 0.717) is 10.8 Å². The van der Waals surface area contributed by atoms with E-state index in [0.717, 1.165) is 16.0 Å². The minimum atomic E-state index is -1.07. The summed E-state index contributed by atoms with van der Waals surface area (Å²) in [5.74, 6) is 0.477. The molecule has 1 nitrogen and oxygen atoms in total. The van der Waals surface area contributed by atoms with Crippen molar-refractivity contribution < 1.29 is 4.21 Å². The third-order valence-electron chi connectivity index (χ3n) is 3.43. The Hall–Kier alpha value is -1.42. The summed E-state index contributed by atoms with van der Waals surface area (Å²) in [6, 6.07) is 21.9. The van der Waals surface area contributed by atoms with E-state index in [1.54, 1.807) is 11.3 Å². The Kier molecular flexibility index (Phi) is 5.08. The molecule has 0 bridgehead atoms. The number of halogens is 1. The lowest BCUT2D eigenvalue weighted by Gasteiger charge is -2.17. The number of hydrogen-bond donors (Lipinski definition) is 0. The molecule has 1 heterocycles. The largest absolute Gasteiger partial charge is 0.258 e. The van der Waals surface area contributed by atoms with E-state index < -0.39 is 10.8 Å². The van der Waals surface area contributed by atoms with Gasteiger partial charge in [0.2, 0.25) is 0 Å². The summed E-state index contributed by atoms with van der Waals surface area (Å²) in [5, 5.41) is 2.51. The van der Waals surface area contributed by atoms with Gasteiger partial charge in [-0.15, -0.1) is 11.3 Å². The summed E-state index contributed by atoms with van der Waals surface area (Å²) in [5.41, 5.74) is 2.14. The van der Waals surface area contributed by atoms with Gasteiger partial charge >= 0.3 is 0 Å². The molecular formula is C18H15ClOS2. The van der Waals surface area contributed by atoms with Gasteiger partial charge in [0, 0.05) is 15.7 Å². The van der Waals surface area contributed by atoms with Gasteiger partial charge in [-0.3, -0.25) is 4.21 Å². The van der Waals surface area contributed by atoms with Crippen molar-refractivity contribution in [2.75, 3.05) is 0 Å². The number of benzene rings is 2. The van der Waals surface area contributed by atoms with Crippen LogP contribution >= 0.6 is 22.9 Å². The predicted octanol–water partition coefficient (Wildman–Crippen LogP) is 5.44. The average Bonchev–Trinajstić information content (AvgIpc) is 2.95. The molecule has 0 radical (unpaired) electrons.